The number of aliphatic hydroxyl groups excluding tert-OH is 5. The molecule has 1 amide bonds. The van der Waals surface area contributed by atoms with Crippen molar-refractivity contribution in [1.29, 1.82) is 0 Å². The predicted molar refractivity (Wildman–Crippen MR) is 231 cm³/mol. The smallest absolute Gasteiger partial charge is 0.220 e. The summed E-state index contributed by atoms with van der Waals surface area (Å²) < 4.78 is 11.3. The minimum Gasteiger partial charge on any atom is -0.394 e. The van der Waals surface area contributed by atoms with E-state index in [0.29, 0.717) is 12.8 Å². The third kappa shape index (κ3) is 28.6. The van der Waals surface area contributed by atoms with Gasteiger partial charge in [-0.05, 0) is 12.8 Å². The molecule has 56 heavy (non-hydrogen) atoms. The van der Waals surface area contributed by atoms with Crippen LogP contribution in [0.15, 0.2) is 0 Å². The molecule has 1 fully saturated rings. The van der Waals surface area contributed by atoms with Gasteiger partial charge in [-0.3, -0.25) is 4.79 Å². The number of amides is 1. The molecule has 7 atom stereocenters. The molecule has 9 heteroatoms. The first-order chi connectivity index (χ1) is 27.3. The summed E-state index contributed by atoms with van der Waals surface area (Å²) in [6.45, 7) is 3.84. The quantitative estimate of drug-likeness (QED) is 0.0335. The largest absolute Gasteiger partial charge is 0.394 e. The predicted octanol–water partition coefficient (Wildman–Crippen LogP) is 10.3. The molecule has 0 aromatic carbocycles. The lowest BCUT2D eigenvalue weighted by Crippen LogP contribution is -2.60. The fraction of sp³-hybridized carbons (Fsp3) is 0.979. The van der Waals surface area contributed by atoms with Crippen molar-refractivity contribution in [1.82, 2.24) is 5.32 Å². The maximum Gasteiger partial charge on any atom is 0.220 e. The summed E-state index contributed by atoms with van der Waals surface area (Å²) in [5.41, 5.74) is 0. The third-order valence-electron chi connectivity index (χ3n) is 12.0. The van der Waals surface area contributed by atoms with Gasteiger partial charge in [-0.2, -0.15) is 0 Å². The highest BCUT2D eigenvalue weighted by atomic mass is 16.7. The molecule has 9 nitrogen and oxygen atoms in total. The van der Waals surface area contributed by atoms with Crippen molar-refractivity contribution in [3.8, 4) is 0 Å². The SMILES string of the molecule is CCCCCCCCCCCCCCCCCCCCCCCCCC(O)C(COC1OC(CO)C(O)C(O)C1O)NC(=O)CCCCCCCCCCCC. The molecule has 0 aromatic rings. The number of unbranched alkanes of at least 4 members (excludes halogenated alkanes) is 31. The summed E-state index contributed by atoms with van der Waals surface area (Å²) in [6, 6.07) is -0.710. The minimum absolute atomic E-state index is 0.132. The van der Waals surface area contributed by atoms with Gasteiger partial charge < -0.3 is 40.3 Å². The fourth-order valence-electron chi connectivity index (χ4n) is 8.04. The van der Waals surface area contributed by atoms with Gasteiger partial charge in [0.25, 0.3) is 0 Å². The van der Waals surface area contributed by atoms with Crippen LogP contribution in [0.25, 0.3) is 0 Å². The molecule has 0 aromatic heterocycles. The number of aliphatic hydroxyl groups is 5. The Kier molecular flexibility index (Phi) is 36.5. The van der Waals surface area contributed by atoms with E-state index in [1.807, 2.05) is 0 Å². The number of rotatable bonds is 41. The lowest BCUT2D eigenvalue weighted by molar-refractivity contribution is -0.302. The van der Waals surface area contributed by atoms with Crippen molar-refractivity contribution in [2.24, 2.45) is 0 Å². The Balaban J connectivity index is 2.22. The van der Waals surface area contributed by atoms with Crippen LogP contribution < -0.4 is 5.32 Å². The highest BCUT2D eigenvalue weighted by Gasteiger charge is 2.44. The number of carbonyl (C=O) groups excluding carboxylic acids is 1. The van der Waals surface area contributed by atoms with E-state index in [0.717, 1.165) is 38.5 Å². The Morgan fingerprint density at radius 1 is 0.536 bits per heavy atom. The second kappa shape index (κ2) is 38.4. The first-order valence-electron chi connectivity index (χ1n) is 24.2. The minimum atomic E-state index is -1.55. The van der Waals surface area contributed by atoms with E-state index in [2.05, 4.69) is 19.2 Å². The first-order valence-corrected chi connectivity index (χ1v) is 24.2. The number of ether oxygens (including phenoxy) is 2. The number of hydrogen-bond acceptors (Lipinski definition) is 8. The van der Waals surface area contributed by atoms with Crippen LogP contribution in [0.1, 0.15) is 239 Å². The zero-order valence-corrected chi connectivity index (χ0v) is 36.7. The van der Waals surface area contributed by atoms with Crippen LogP contribution in [0.2, 0.25) is 0 Å². The van der Waals surface area contributed by atoms with Gasteiger partial charge in [0, 0.05) is 6.42 Å². The Hall–Kier alpha value is -0.810. The van der Waals surface area contributed by atoms with Crippen molar-refractivity contribution >= 4 is 5.91 Å². The monoisotopic (exact) mass is 800 g/mol. The highest BCUT2D eigenvalue weighted by molar-refractivity contribution is 5.76. The molecule has 0 aliphatic carbocycles. The van der Waals surface area contributed by atoms with Gasteiger partial charge in [-0.1, -0.05) is 219 Å². The molecule has 0 saturated carbocycles. The number of hydrogen-bond donors (Lipinski definition) is 6. The summed E-state index contributed by atoms with van der Waals surface area (Å²) >= 11 is 0. The Labute approximate surface area is 344 Å². The highest BCUT2D eigenvalue weighted by Crippen LogP contribution is 2.23. The van der Waals surface area contributed by atoms with Crippen molar-refractivity contribution in [3.05, 3.63) is 0 Å². The third-order valence-corrected chi connectivity index (χ3v) is 12.0. The molecular formula is C47H93NO8. The maximum atomic E-state index is 12.9. The van der Waals surface area contributed by atoms with Crippen LogP contribution in [0.5, 0.6) is 0 Å². The van der Waals surface area contributed by atoms with E-state index in [1.54, 1.807) is 0 Å². The summed E-state index contributed by atoms with van der Waals surface area (Å²) in [6.07, 6.45) is 35.5. The van der Waals surface area contributed by atoms with E-state index in [4.69, 9.17) is 9.47 Å². The van der Waals surface area contributed by atoms with Crippen LogP contribution in [-0.4, -0.2) is 87.5 Å². The van der Waals surface area contributed by atoms with Crippen molar-refractivity contribution in [2.75, 3.05) is 13.2 Å². The number of carbonyl (C=O) groups is 1. The van der Waals surface area contributed by atoms with Crippen LogP contribution in [0, 0.1) is 0 Å². The van der Waals surface area contributed by atoms with Crippen LogP contribution in [0.3, 0.4) is 0 Å². The van der Waals surface area contributed by atoms with Crippen LogP contribution >= 0.6 is 0 Å². The van der Waals surface area contributed by atoms with Gasteiger partial charge in [0.1, 0.15) is 24.4 Å². The van der Waals surface area contributed by atoms with E-state index in [9.17, 15) is 30.3 Å². The van der Waals surface area contributed by atoms with Crippen molar-refractivity contribution in [3.63, 3.8) is 0 Å². The van der Waals surface area contributed by atoms with Gasteiger partial charge >= 0.3 is 0 Å². The molecule has 1 heterocycles. The van der Waals surface area contributed by atoms with Crippen molar-refractivity contribution in [2.45, 2.75) is 281 Å². The van der Waals surface area contributed by atoms with Gasteiger partial charge in [0.05, 0.1) is 25.4 Å². The average molecular weight is 800 g/mol. The molecule has 334 valence electrons. The van der Waals surface area contributed by atoms with E-state index >= 15 is 0 Å². The zero-order chi connectivity index (χ0) is 40.9. The van der Waals surface area contributed by atoms with E-state index < -0.39 is 49.5 Å². The fourth-order valence-corrected chi connectivity index (χ4v) is 8.04. The van der Waals surface area contributed by atoms with Gasteiger partial charge in [0.15, 0.2) is 6.29 Å². The average Bonchev–Trinajstić information content (AvgIpc) is 3.20. The molecule has 0 bridgehead atoms. The summed E-state index contributed by atoms with van der Waals surface area (Å²) in [4.78, 5) is 12.9. The van der Waals surface area contributed by atoms with Gasteiger partial charge in [-0.25, -0.2) is 0 Å². The van der Waals surface area contributed by atoms with Crippen molar-refractivity contribution < 1.29 is 39.8 Å². The Morgan fingerprint density at radius 3 is 1.27 bits per heavy atom. The number of nitrogens with one attached hydrogen (secondary N) is 1. The topological polar surface area (TPSA) is 149 Å². The zero-order valence-electron chi connectivity index (χ0n) is 36.7. The lowest BCUT2D eigenvalue weighted by atomic mass is 9.99. The second-order valence-corrected chi connectivity index (χ2v) is 17.3. The lowest BCUT2D eigenvalue weighted by Gasteiger charge is -2.40. The maximum absolute atomic E-state index is 12.9. The normalized spacial score (nSPS) is 21.0. The standard InChI is InChI=1S/C47H93NO8/c1-3-5-7-9-11-13-15-16-17-18-19-20-21-22-23-24-25-26-27-28-30-32-34-36-41(50)40(39-55-47-46(54)45(53)44(52)42(38-49)56-47)48-43(51)37-35-33-31-29-14-12-10-8-6-4-2/h40-42,44-47,49-50,52-54H,3-39H2,1-2H3,(H,48,51). The Bertz CT molecular complexity index is 847. The summed E-state index contributed by atoms with van der Waals surface area (Å²) in [5, 5.41) is 54.3. The molecule has 0 radical (unpaired) electrons. The van der Waals surface area contributed by atoms with Crippen LogP contribution in [0.4, 0.5) is 0 Å². The molecule has 1 aliphatic rings. The molecule has 6 N–H and O–H groups in total. The summed E-state index contributed by atoms with van der Waals surface area (Å²) in [7, 11) is 0. The molecule has 1 saturated heterocycles. The molecule has 1 aliphatic heterocycles. The first kappa shape index (κ1) is 53.2. The van der Waals surface area contributed by atoms with E-state index in [1.165, 1.54) is 173 Å². The molecule has 0 spiro atoms. The second-order valence-electron chi connectivity index (χ2n) is 17.3. The molecule has 7 unspecified atom stereocenters. The summed E-state index contributed by atoms with van der Waals surface area (Å²) in [5.74, 6) is -0.143. The molecular weight excluding hydrogens is 707 g/mol. The van der Waals surface area contributed by atoms with E-state index in [-0.39, 0.29) is 12.5 Å². The van der Waals surface area contributed by atoms with Gasteiger partial charge in [-0.15, -0.1) is 0 Å². The van der Waals surface area contributed by atoms with Gasteiger partial charge in [0.2, 0.25) is 5.91 Å². The van der Waals surface area contributed by atoms with Crippen LogP contribution in [-0.2, 0) is 14.3 Å². The molecule has 1 rings (SSSR count). The Morgan fingerprint density at radius 2 is 0.893 bits per heavy atom.